The lowest BCUT2D eigenvalue weighted by Crippen LogP contribution is -2.27. The first-order chi connectivity index (χ1) is 9.74. The molecule has 5 heteroatoms. The smallest absolute Gasteiger partial charge is 0.293 e. The number of hydrogen-bond donors (Lipinski definition) is 0. The van der Waals surface area contributed by atoms with Crippen molar-refractivity contribution >= 4 is 29.0 Å². The maximum absolute atomic E-state index is 12.2. The fraction of sp³-hybridized carbons (Fsp3) is 0.0667. The van der Waals surface area contributed by atoms with Gasteiger partial charge in [0.15, 0.2) is 0 Å². The van der Waals surface area contributed by atoms with Crippen LogP contribution in [0.15, 0.2) is 58.1 Å². The van der Waals surface area contributed by atoms with Crippen LogP contribution in [-0.2, 0) is 11.3 Å². The van der Waals surface area contributed by atoms with Gasteiger partial charge in [-0.1, -0.05) is 30.3 Å². The molecule has 0 N–H and O–H groups in total. The number of imide groups is 1. The van der Waals surface area contributed by atoms with Gasteiger partial charge in [-0.05, 0) is 29.5 Å². The summed E-state index contributed by atoms with van der Waals surface area (Å²) in [6.07, 6.45) is 3.12. The van der Waals surface area contributed by atoms with Crippen LogP contribution in [0, 0.1) is 0 Å². The van der Waals surface area contributed by atoms with Gasteiger partial charge in [0.2, 0.25) is 0 Å². The number of carbonyl (C=O) groups is 2. The summed E-state index contributed by atoms with van der Waals surface area (Å²) >= 11 is 0.938. The number of nitrogens with zero attached hydrogens (tertiary/aromatic N) is 1. The van der Waals surface area contributed by atoms with Crippen LogP contribution >= 0.6 is 11.8 Å². The molecule has 1 aliphatic rings. The van der Waals surface area contributed by atoms with Crippen molar-refractivity contribution in [1.29, 1.82) is 0 Å². The Hall–Kier alpha value is -2.27. The van der Waals surface area contributed by atoms with E-state index in [0.717, 1.165) is 17.3 Å². The van der Waals surface area contributed by atoms with Gasteiger partial charge in [0.05, 0.1) is 17.7 Å². The molecule has 2 heterocycles. The SMILES string of the molecule is O=C1S/C(=C/c2ccco2)C(=O)N1Cc1ccccc1. The molecule has 0 radical (unpaired) electrons. The molecule has 4 nitrogen and oxygen atoms in total. The lowest BCUT2D eigenvalue weighted by molar-refractivity contribution is -0.123. The molecule has 0 aliphatic carbocycles. The first-order valence-electron chi connectivity index (χ1n) is 6.07. The summed E-state index contributed by atoms with van der Waals surface area (Å²) in [5.41, 5.74) is 0.925. The van der Waals surface area contributed by atoms with Gasteiger partial charge in [-0.25, -0.2) is 0 Å². The lowest BCUT2D eigenvalue weighted by Gasteiger charge is -2.11. The van der Waals surface area contributed by atoms with Crippen molar-refractivity contribution in [2.24, 2.45) is 0 Å². The van der Waals surface area contributed by atoms with E-state index in [1.807, 2.05) is 30.3 Å². The van der Waals surface area contributed by atoms with Crippen molar-refractivity contribution in [3.05, 3.63) is 65.0 Å². The van der Waals surface area contributed by atoms with Crippen LogP contribution in [0.4, 0.5) is 4.79 Å². The van der Waals surface area contributed by atoms with Gasteiger partial charge >= 0.3 is 0 Å². The van der Waals surface area contributed by atoms with Crippen LogP contribution in [0.25, 0.3) is 6.08 Å². The second-order valence-corrected chi connectivity index (χ2v) is 5.26. The predicted octanol–water partition coefficient (Wildman–Crippen LogP) is 3.52. The number of amides is 2. The Morgan fingerprint density at radius 3 is 2.60 bits per heavy atom. The van der Waals surface area contributed by atoms with Crippen molar-refractivity contribution in [3.63, 3.8) is 0 Å². The van der Waals surface area contributed by atoms with Crippen molar-refractivity contribution in [2.75, 3.05) is 0 Å². The van der Waals surface area contributed by atoms with Crippen LogP contribution in [-0.4, -0.2) is 16.0 Å². The predicted molar refractivity (Wildman–Crippen MR) is 76.7 cm³/mol. The number of rotatable bonds is 3. The fourth-order valence-corrected chi connectivity index (χ4v) is 2.72. The Bertz CT molecular complexity index is 662. The third-order valence-corrected chi connectivity index (χ3v) is 3.78. The molecule has 0 unspecified atom stereocenters. The molecule has 20 heavy (non-hydrogen) atoms. The molecule has 0 bridgehead atoms. The first kappa shape index (κ1) is 12.7. The van der Waals surface area contributed by atoms with E-state index in [9.17, 15) is 9.59 Å². The molecule has 2 amide bonds. The van der Waals surface area contributed by atoms with Crippen LogP contribution in [0.5, 0.6) is 0 Å². The minimum Gasteiger partial charge on any atom is -0.465 e. The average molecular weight is 285 g/mol. The summed E-state index contributed by atoms with van der Waals surface area (Å²) in [5, 5.41) is -0.253. The Kier molecular flexibility index (Phi) is 3.43. The molecule has 1 saturated heterocycles. The maximum atomic E-state index is 12.2. The molecule has 0 saturated carbocycles. The van der Waals surface area contributed by atoms with Crippen LogP contribution in [0.1, 0.15) is 11.3 Å². The zero-order valence-corrected chi connectivity index (χ0v) is 11.3. The van der Waals surface area contributed by atoms with E-state index in [0.29, 0.717) is 17.2 Å². The third-order valence-electron chi connectivity index (χ3n) is 2.87. The van der Waals surface area contributed by atoms with Crippen LogP contribution < -0.4 is 0 Å². The zero-order chi connectivity index (χ0) is 13.9. The maximum Gasteiger partial charge on any atom is 0.293 e. The molecule has 1 fully saturated rings. The van der Waals surface area contributed by atoms with E-state index < -0.39 is 0 Å². The van der Waals surface area contributed by atoms with E-state index in [1.165, 1.54) is 11.2 Å². The highest BCUT2D eigenvalue weighted by Gasteiger charge is 2.35. The second kappa shape index (κ2) is 5.38. The van der Waals surface area contributed by atoms with Gasteiger partial charge in [-0.15, -0.1) is 0 Å². The monoisotopic (exact) mass is 285 g/mol. The van der Waals surface area contributed by atoms with Gasteiger partial charge in [0.1, 0.15) is 5.76 Å². The van der Waals surface area contributed by atoms with Crippen molar-refractivity contribution in [2.45, 2.75) is 6.54 Å². The number of hydrogen-bond acceptors (Lipinski definition) is 4. The Labute approximate surface area is 120 Å². The number of carbonyl (C=O) groups excluding carboxylic acids is 2. The highest BCUT2D eigenvalue weighted by molar-refractivity contribution is 8.18. The van der Waals surface area contributed by atoms with Gasteiger partial charge in [0, 0.05) is 6.08 Å². The fourth-order valence-electron chi connectivity index (χ4n) is 1.90. The third kappa shape index (κ3) is 2.53. The lowest BCUT2D eigenvalue weighted by atomic mass is 10.2. The molecule has 1 aromatic carbocycles. The standard InChI is InChI=1S/C15H11NO3S/c17-14-13(9-12-7-4-8-19-12)20-15(18)16(14)10-11-5-2-1-3-6-11/h1-9H,10H2/b13-9+. The normalized spacial score (nSPS) is 17.2. The molecule has 1 aliphatic heterocycles. The Morgan fingerprint density at radius 1 is 1.10 bits per heavy atom. The molecule has 2 aromatic rings. The van der Waals surface area contributed by atoms with E-state index in [2.05, 4.69) is 0 Å². The highest BCUT2D eigenvalue weighted by atomic mass is 32.2. The number of furan rings is 1. The summed E-state index contributed by atoms with van der Waals surface area (Å²) < 4.78 is 5.16. The van der Waals surface area contributed by atoms with Gasteiger partial charge < -0.3 is 4.42 Å². The van der Waals surface area contributed by atoms with Gasteiger partial charge in [-0.3, -0.25) is 14.5 Å². The number of thioether (sulfide) groups is 1. The van der Waals surface area contributed by atoms with E-state index in [-0.39, 0.29) is 11.1 Å². The first-order valence-corrected chi connectivity index (χ1v) is 6.88. The van der Waals surface area contributed by atoms with E-state index in [4.69, 9.17) is 4.42 Å². The zero-order valence-electron chi connectivity index (χ0n) is 10.5. The number of benzene rings is 1. The second-order valence-electron chi connectivity index (χ2n) is 4.27. The van der Waals surface area contributed by atoms with Crippen LogP contribution in [0.3, 0.4) is 0 Å². The average Bonchev–Trinajstić information content (AvgIpc) is 3.05. The minimum atomic E-state index is -0.278. The summed E-state index contributed by atoms with van der Waals surface area (Å²) in [5.74, 6) is 0.287. The summed E-state index contributed by atoms with van der Waals surface area (Å²) in [4.78, 5) is 25.8. The molecule has 100 valence electrons. The molecule has 0 atom stereocenters. The van der Waals surface area contributed by atoms with E-state index >= 15 is 0 Å². The topological polar surface area (TPSA) is 50.5 Å². The van der Waals surface area contributed by atoms with Gasteiger partial charge in [-0.2, -0.15) is 0 Å². The molecular weight excluding hydrogens is 274 g/mol. The van der Waals surface area contributed by atoms with Crippen LogP contribution in [0.2, 0.25) is 0 Å². The molecule has 0 spiro atoms. The molecule has 3 rings (SSSR count). The Balaban J connectivity index is 1.81. The summed E-state index contributed by atoms with van der Waals surface area (Å²) in [7, 11) is 0. The van der Waals surface area contributed by atoms with Crippen molar-refractivity contribution < 1.29 is 14.0 Å². The largest absolute Gasteiger partial charge is 0.465 e. The molecule has 1 aromatic heterocycles. The van der Waals surface area contributed by atoms with Crippen molar-refractivity contribution in [1.82, 2.24) is 4.90 Å². The summed E-state index contributed by atoms with van der Waals surface area (Å²) in [6.45, 7) is 0.293. The van der Waals surface area contributed by atoms with Gasteiger partial charge in [0.25, 0.3) is 11.1 Å². The Morgan fingerprint density at radius 2 is 1.90 bits per heavy atom. The minimum absolute atomic E-state index is 0.253. The summed E-state index contributed by atoms with van der Waals surface area (Å²) in [6, 6.07) is 12.9. The van der Waals surface area contributed by atoms with Crippen molar-refractivity contribution in [3.8, 4) is 0 Å². The molecular formula is C15H11NO3S. The quantitative estimate of drug-likeness (QED) is 0.810. The highest BCUT2D eigenvalue weighted by Crippen LogP contribution is 2.33. The van der Waals surface area contributed by atoms with E-state index in [1.54, 1.807) is 18.2 Å².